The van der Waals surface area contributed by atoms with Crippen molar-refractivity contribution >= 4 is 0 Å². The highest BCUT2D eigenvalue weighted by atomic mass is 16.5. The van der Waals surface area contributed by atoms with E-state index >= 15 is 0 Å². The van der Waals surface area contributed by atoms with Crippen molar-refractivity contribution in [3.63, 3.8) is 0 Å². The third-order valence-corrected chi connectivity index (χ3v) is 2.90. The smallest absolute Gasteiger partial charge is 0.0501 e. The van der Waals surface area contributed by atoms with Crippen molar-refractivity contribution in [2.45, 2.75) is 12.3 Å². The average Bonchev–Trinajstić information content (AvgIpc) is 2.74. The Kier molecular flexibility index (Phi) is 3.11. The second-order valence-corrected chi connectivity index (χ2v) is 3.75. The van der Waals surface area contributed by atoms with Gasteiger partial charge >= 0.3 is 0 Å². The lowest BCUT2D eigenvalue weighted by Crippen LogP contribution is -2.21. The molecular formula is C11H16N2O. The quantitative estimate of drug-likeness (QED) is 0.781. The zero-order valence-corrected chi connectivity index (χ0v) is 8.23. The number of nitrogens with two attached hydrogens (primary N) is 1. The molecule has 0 bridgehead atoms. The minimum atomic E-state index is 0.409. The Balaban J connectivity index is 2.12. The number of hydrogen-bond donors (Lipinski definition) is 1. The standard InChI is InChI=1S/C11H16N2O/c12-6-11(10-3-5-14-8-10)9-2-1-4-13-7-9/h1-2,4,7,10-11H,3,5-6,8,12H2. The molecule has 3 nitrogen and oxygen atoms in total. The van der Waals surface area contributed by atoms with Crippen LogP contribution in [-0.2, 0) is 4.74 Å². The molecule has 0 saturated carbocycles. The summed E-state index contributed by atoms with van der Waals surface area (Å²) < 4.78 is 5.39. The lowest BCUT2D eigenvalue weighted by atomic mass is 9.86. The number of rotatable bonds is 3. The molecule has 2 atom stereocenters. The first-order chi connectivity index (χ1) is 6.92. The maximum atomic E-state index is 5.80. The van der Waals surface area contributed by atoms with Crippen LogP contribution in [0.3, 0.4) is 0 Å². The van der Waals surface area contributed by atoms with Crippen molar-refractivity contribution in [3.05, 3.63) is 30.1 Å². The molecule has 1 aromatic heterocycles. The maximum absolute atomic E-state index is 5.80. The van der Waals surface area contributed by atoms with E-state index in [1.54, 1.807) is 6.20 Å². The topological polar surface area (TPSA) is 48.1 Å². The molecule has 0 aliphatic carbocycles. The van der Waals surface area contributed by atoms with Crippen LogP contribution >= 0.6 is 0 Å². The summed E-state index contributed by atoms with van der Waals surface area (Å²) in [7, 11) is 0. The molecule has 3 heteroatoms. The van der Waals surface area contributed by atoms with Gasteiger partial charge in [0.05, 0.1) is 6.61 Å². The molecule has 0 amide bonds. The summed E-state index contributed by atoms with van der Waals surface area (Å²) in [5, 5.41) is 0. The molecule has 2 unspecified atom stereocenters. The van der Waals surface area contributed by atoms with Crippen LogP contribution in [0.1, 0.15) is 17.9 Å². The highest BCUT2D eigenvalue weighted by Gasteiger charge is 2.25. The van der Waals surface area contributed by atoms with Crippen molar-refractivity contribution in [1.82, 2.24) is 4.98 Å². The normalized spacial score (nSPS) is 23.6. The van der Waals surface area contributed by atoms with Crippen LogP contribution < -0.4 is 5.73 Å². The van der Waals surface area contributed by atoms with E-state index in [1.807, 2.05) is 12.3 Å². The predicted octanol–water partition coefficient (Wildman–Crippen LogP) is 1.16. The van der Waals surface area contributed by atoms with Crippen molar-refractivity contribution in [2.24, 2.45) is 11.7 Å². The second kappa shape index (κ2) is 4.53. The molecule has 1 aliphatic heterocycles. The van der Waals surface area contributed by atoms with Crippen LogP contribution in [0, 0.1) is 5.92 Å². The van der Waals surface area contributed by atoms with Gasteiger partial charge < -0.3 is 10.5 Å². The highest BCUT2D eigenvalue weighted by Crippen LogP contribution is 2.29. The Labute approximate surface area is 84.3 Å². The fourth-order valence-corrected chi connectivity index (χ4v) is 2.07. The SMILES string of the molecule is NCC(c1cccnc1)C1CCOC1. The van der Waals surface area contributed by atoms with Crippen LogP contribution in [0.5, 0.6) is 0 Å². The molecule has 0 radical (unpaired) electrons. The molecule has 76 valence electrons. The Hall–Kier alpha value is -0.930. The molecular weight excluding hydrogens is 176 g/mol. The van der Waals surface area contributed by atoms with E-state index in [0.29, 0.717) is 18.4 Å². The van der Waals surface area contributed by atoms with Gasteiger partial charge in [0.15, 0.2) is 0 Å². The summed E-state index contributed by atoms with van der Waals surface area (Å²) in [5.74, 6) is 0.982. The van der Waals surface area contributed by atoms with Crippen LogP contribution in [0.4, 0.5) is 0 Å². The van der Waals surface area contributed by atoms with Crippen molar-refractivity contribution in [3.8, 4) is 0 Å². The number of pyridine rings is 1. The van der Waals surface area contributed by atoms with Gasteiger partial charge in [0, 0.05) is 24.9 Å². The van der Waals surface area contributed by atoms with Gasteiger partial charge in [-0.25, -0.2) is 0 Å². The molecule has 2 N–H and O–H groups in total. The van der Waals surface area contributed by atoms with E-state index in [2.05, 4.69) is 11.1 Å². The van der Waals surface area contributed by atoms with Gasteiger partial charge in [-0.15, -0.1) is 0 Å². The number of aromatic nitrogens is 1. The van der Waals surface area contributed by atoms with Gasteiger partial charge in [0.25, 0.3) is 0 Å². The van der Waals surface area contributed by atoms with E-state index in [1.165, 1.54) is 5.56 Å². The maximum Gasteiger partial charge on any atom is 0.0501 e. The van der Waals surface area contributed by atoms with Crippen molar-refractivity contribution in [2.75, 3.05) is 19.8 Å². The molecule has 1 saturated heterocycles. The lowest BCUT2D eigenvalue weighted by Gasteiger charge is -2.20. The van der Waals surface area contributed by atoms with Crippen molar-refractivity contribution < 1.29 is 4.74 Å². The largest absolute Gasteiger partial charge is 0.381 e. The van der Waals surface area contributed by atoms with E-state index < -0.39 is 0 Å². The summed E-state index contributed by atoms with van der Waals surface area (Å²) in [6, 6.07) is 4.07. The predicted molar refractivity (Wildman–Crippen MR) is 55.0 cm³/mol. The summed E-state index contributed by atoms with van der Waals surface area (Å²) in [6.07, 6.45) is 4.83. The zero-order valence-electron chi connectivity index (χ0n) is 8.23. The Bertz CT molecular complexity index is 270. The number of ether oxygens (including phenoxy) is 1. The Morgan fingerprint density at radius 1 is 1.64 bits per heavy atom. The molecule has 0 spiro atoms. The number of hydrogen-bond acceptors (Lipinski definition) is 3. The Morgan fingerprint density at radius 2 is 2.57 bits per heavy atom. The summed E-state index contributed by atoms with van der Waals surface area (Å²) in [6.45, 7) is 2.40. The van der Waals surface area contributed by atoms with Gasteiger partial charge in [0.2, 0.25) is 0 Å². The molecule has 2 heterocycles. The first-order valence-electron chi connectivity index (χ1n) is 5.09. The zero-order chi connectivity index (χ0) is 9.80. The molecule has 0 aromatic carbocycles. The van der Waals surface area contributed by atoms with Crippen LogP contribution in [0.15, 0.2) is 24.5 Å². The second-order valence-electron chi connectivity index (χ2n) is 3.75. The summed E-state index contributed by atoms with van der Waals surface area (Å²) in [4.78, 5) is 4.13. The van der Waals surface area contributed by atoms with Gasteiger partial charge in [-0.3, -0.25) is 4.98 Å². The summed E-state index contributed by atoms with van der Waals surface area (Å²) in [5.41, 5.74) is 7.04. The Morgan fingerprint density at radius 3 is 3.14 bits per heavy atom. The average molecular weight is 192 g/mol. The monoisotopic (exact) mass is 192 g/mol. The molecule has 2 rings (SSSR count). The summed E-state index contributed by atoms with van der Waals surface area (Å²) >= 11 is 0. The molecule has 1 aliphatic rings. The fourth-order valence-electron chi connectivity index (χ4n) is 2.07. The van der Waals surface area contributed by atoms with Gasteiger partial charge in [-0.1, -0.05) is 6.07 Å². The van der Waals surface area contributed by atoms with Crippen LogP contribution in [0.2, 0.25) is 0 Å². The molecule has 1 fully saturated rings. The third-order valence-electron chi connectivity index (χ3n) is 2.90. The van der Waals surface area contributed by atoms with E-state index in [-0.39, 0.29) is 0 Å². The van der Waals surface area contributed by atoms with E-state index in [9.17, 15) is 0 Å². The minimum Gasteiger partial charge on any atom is -0.381 e. The first-order valence-corrected chi connectivity index (χ1v) is 5.09. The number of nitrogens with zero attached hydrogens (tertiary/aromatic N) is 1. The van der Waals surface area contributed by atoms with Crippen LogP contribution in [0.25, 0.3) is 0 Å². The van der Waals surface area contributed by atoms with E-state index in [4.69, 9.17) is 10.5 Å². The molecule has 1 aromatic rings. The van der Waals surface area contributed by atoms with Gasteiger partial charge in [0.1, 0.15) is 0 Å². The highest BCUT2D eigenvalue weighted by molar-refractivity contribution is 5.16. The fraction of sp³-hybridized carbons (Fsp3) is 0.545. The van der Waals surface area contributed by atoms with Crippen molar-refractivity contribution in [1.29, 1.82) is 0 Å². The minimum absolute atomic E-state index is 0.409. The van der Waals surface area contributed by atoms with Gasteiger partial charge in [-0.05, 0) is 30.5 Å². The van der Waals surface area contributed by atoms with Gasteiger partial charge in [-0.2, -0.15) is 0 Å². The third kappa shape index (κ3) is 1.94. The van der Waals surface area contributed by atoms with Crippen LogP contribution in [-0.4, -0.2) is 24.7 Å². The van der Waals surface area contributed by atoms with E-state index in [0.717, 1.165) is 19.6 Å². The molecule has 14 heavy (non-hydrogen) atoms. The lowest BCUT2D eigenvalue weighted by molar-refractivity contribution is 0.181. The first kappa shape index (κ1) is 9.62.